The molecule has 1 fully saturated rings. The lowest BCUT2D eigenvalue weighted by molar-refractivity contribution is 0.171. The van der Waals surface area contributed by atoms with E-state index in [0.29, 0.717) is 10.5 Å². The minimum Gasteiger partial charge on any atom is -0.423 e. The molecule has 88 valence electrons. The maximum absolute atomic E-state index is 9.35. The number of nitrogens with zero attached hydrogens (tertiary/aromatic N) is 3. The highest BCUT2D eigenvalue weighted by Gasteiger charge is 2.19. The molecule has 0 spiro atoms. The fraction of sp³-hybridized carbons (Fsp3) is 0.556. The van der Waals surface area contributed by atoms with E-state index in [1.165, 1.54) is 6.42 Å². The number of aromatic nitrogens is 2. The standard InChI is InChI=1S/C9H14ClN5O/c10-6-7(11)15(16)9(12)13-8(6)14-4-2-1-3-5-14/h12,16H,1-5,11H2. The van der Waals surface area contributed by atoms with E-state index in [0.717, 1.165) is 25.9 Å². The first-order valence-electron chi connectivity index (χ1n) is 5.18. The predicted octanol–water partition coefficient (Wildman–Crippen LogP) is 0.826. The molecule has 16 heavy (non-hydrogen) atoms. The summed E-state index contributed by atoms with van der Waals surface area (Å²) in [4.78, 5) is 5.95. The Morgan fingerprint density at radius 2 is 1.94 bits per heavy atom. The molecule has 0 aliphatic carbocycles. The van der Waals surface area contributed by atoms with Gasteiger partial charge in [-0.2, -0.15) is 4.98 Å². The van der Waals surface area contributed by atoms with Crippen molar-refractivity contribution < 1.29 is 5.21 Å². The molecule has 0 unspecified atom stereocenters. The maximum atomic E-state index is 9.35. The van der Waals surface area contributed by atoms with Gasteiger partial charge in [0.2, 0.25) is 0 Å². The van der Waals surface area contributed by atoms with Gasteiger partial charge in [0, 0.05) is 13.1 Å². The first-order valence-corrected chi connectivity index (χ1v) is 5.56. The molecule has 0 amide bonds. The Morgan fingerprint density at radius 3 is 2.56 bits per heavy atom. The predicted molar refractivity (Wildman–Crippen MR) is 60.8 cm³/mol. The largest absolute Gasteiger partial charge is 0.423 e. The highest BCUT2D eigenvalue weighted by Crippen LogP contribution is 2.28. The molecule has 6 nitrogen and oxygen atoms in total. The fourth-order valence-corrected chi connectivity index (χ4v) is 2.08. The Balaban J connectivity index is 2.44. The van der Waals surface area contributed by atoms with Gasteiger partial charge in [0.05, 0.1) is 0 Å². The Bertz CT molecular complexity index is 452. The number of halogens is 1. The third-order valence-corrected chi connectivity index (χ3v) is 3.08. The maximum Gasteiger partial charge on any atom is 0.259 e. The number of rotatable bonds is 1. The summed E-state index contributed by atoms with van der Waals surface area (Å²) in [5.74, 6) is 0.455. The van der Waals surface area contributed by atoms with Gasteiger partial charge in [0.1, 0.15) is 5.02 Å². The third kappa shape index (κ3) is 1.80. The van der Waals surface area contributed by atoms with Gasteiger partial charge in [-0.05, 0) is 19.3 Å². The highest BCUT2D eigenvalue weighted by molar-refractivity contribution is 6.35. The van der Waals surface area contributed by atoms with Gasteiger partial charge in [0.15, 0.2) is 11.6 Å². The quantitative estimate of drug-likeness (QED) is 0.637. The normalized spacial score (nSPS) is 16.4. The Kier molecular flexibility index (Phi) is 2.91. The molecule has 1 aromatic rings. The van der Waals surface area contributed by atoms with Gasteiger partial charge in [-0.3, -0.25) is 5.41 Å². The Labute approximate surface area is 97.7 Å². The fourth-order valence-electron chi connectivity index (χ4n) is 1.83. The van der Waals surface area contributed by atoms with Crippen LogP contribution in [0.2, 0.25) is 5.02 Å². The Hall–Kier alpha value is -1.43. The summed E-state index contributed by atoms with van der Waals surface area (Å²) in [6.45, 7) is 1.72. The molecule has 0 saturated carbocycles. The van der Waals surface area contributed by atoms with Gasteiger partial charge in [-0.25, -0.2) is 0 Å². The molecule has 1 aliphatic heterocycles. The lowest BCUT2D eigenvalue weighted by atomic mass is 10.1. The lowest BCUT2D eigenvalue weighted by Crippen LogP contribution is -2.34. The zero-order chi connectivity index (χ0) is 11.7. The summed E-state index contributed by atoms with van der Waals surface area (Å²) in [6, 6.07) is 0. The van der Waals surface area contributed by atoms with Crippen LogP contribution < -0.4 is 16.3 Å². The van der Waals surface area contributed by atoms with Gasteiger partial charge in [0.25, 0.3) is 5.62 Å². The molecule has 0 radical (unpaired) electrons. The van der Waals surface area contributed by atoms with E-state index < -0.39 is 0 Å². The number of nitrogens with two attached hydrogens (primary N) is 1. The molecule has 7 heteroatoms. The number of nitrogen functional groups attached to an aromatic ring is 1. The van der Waals surface area contributed by atoms with Crippen molar-refractivity contribution in [2.75, 3.05) is 23.7 Å². The molecular formula is C9H14ClN5O. The number of piperidine rings is 1. The van der Waals surface area contributed by atoms with E-state index in [4.69, 9.17) is 22.7 Å². The first kappa shape index (κ1) is 11.1. The van der Waals surface area contributed by atoms with Crippen LogP contribution >= 0.6 is 11.6 Å². The second-order valence-corrected chi connectivity index (χ2v) is 4.20. The van der Waals surface area contributed by atoms with Crippen LogP contribution in [-0.2, 0) is 0 Å². The summed E-state index contributed by atoms with van der Waals surface area (Å²) in [5, 5.41) is 17.0. The Morgan fingerprint density at radius 1 is 1.31 bits per heavy atom. The van der Waals surface area contributed by atoms with Crippen LogP contribution in [0.1, 0.15) is 19.3 Å². The number of hydrogen-bond acceptors (Lipinski definition) is 5. The number of hydrogen-bond donors (Lipinski definition) is 3. The van der Waals surface area contributed by atoms with Gasteiger partial charge < -0.3 is 15.8 Å². The van der Waals surface area contributed by atoms with E-state index in [1.54, 1.807) is 0 Å². The molecule has 2 rings (SSSR count). The van der Waals surface area contributed by atoms with Gasteiger partial charge in [-0.1, -0.05) is 11.6 Å². The van der Waals surface area contributed by atoms with E-state index in [-0.39, 0.29) is 16.5 Å². The van der Waals surface area contributed by atoms with Crippen molar-refractivity contribution in [3.63, 3.8) is 0 Å². The van der Waals surface area contributed by atoms with Gasteiger partial charge >= 0.3 is 0 Å². The minimum atomic E-state index is -0.303. The summed E-state index contributed by atoms with van der Waals surface area (Å²) in [7, 11) is 0. The summed E-state index contributed by atoms with van der Waals surface area (Å²) in [5.41, 5.74) is 5.28. The second-order valence-electron chi connectivity index (χ2n) is 3.82. The summed E-state index contributed by atoms with van der Waals surface area (Å²) in [6.07, 6.45) is 3.36. The molecule has 4 N–H and O–H groups in total. The van der Waals surface area contributed by atoms with Crippen LogP contribution in [0, 0.1) is 5.41 Å². The molecule has 0 aromatic carbocycles. The zero-order valence-electron chi connectivity index (χ0n) is 8.78. The zero-order valence-corrected chi connectivity index (χ0v) is 9.54. The SMILES string of the molecule is N=c1nc(N2CCCCC2)c(Cl)c(N)n1O. The average molecular weight is 244 g/mol. The monoisotopic (exact) mass is 243 g/mol. The van der Waals surface area contributed by atoms with E-state index in [2.05, 4.69) is 4.98 Å². The van der Waals surface area contributed by atoms with Crippen molar-refractivity contribution in [3.8, 4) is 0 Å². The molecule has 1 aliphatic rings. The smallest absolute Gasteiger partial charge is 0.259 e. The van der Waals surface area contributed by atoms with E-state index in [1.807, 2.05) is 4.90 Å². The van der Waals surface area contributed by atoms with Crippen molar-refractivity contribution in [1.29, 1.82) is 5.41 Å². The highest BCUT2D eigenvalue weighted by atomic mass is 35.5. The minimum absolute atomic E-state index is 0.0396. The molecular weight excluding hydrogens is 230 g/mol. The van der Waals surface area contributed by atoms with Crippen molar-refractivity contribution >= 4 is 23.2 Å². The van der Waals surface area contributed by atoms with Crippen molar-refractivity contribution in [3.05, 3.63) is 10.6 Å². The summed E-state index contributed by atoms with van der Waals surface area (Å²) >= 11 is 6.01. The molecule has 1 saturated heterocycles. The van der Waals surface area contributed by atoms with Crippen LogP contribution in [0.25, 0.3) is 0 Å². The third-order valence-electron chi connectivity index (χ3n) is 2.72. The van der Waals surface area contributed by atoms with Crippen LogP contribution in [0.5, 0.6) is 0 Å². The van der Waals surface area contributed by atoms with Crippen molar-refractivity contribution in [2.24, 2.45) is 0 Å². The first-order chi connectivity index (χ1) is 7.61. The number of nitrogens with one attached hydrogen (secondary N) is 1. The lowest BCUT2D eigenvalue weighted by Gasteiger charge is -2.28. The second kappa shape index (κ2) is 4.21. The van der Waals surface area contributed by atoms with Crippen LogP contribution in [-0.4, -0.2) is 28.0 Å². The topological polar surface area (TPSA) is 91.2 Å². The van der Waals surface area contributed by atoms with E-state index >= 15 is 0 Å². The number of anilines is 2. The van der Waals surface area contributed by atoms with Crippen LogP contribution in [0.15, 0.2) is 0 Å². The van der Waals surface area contributed by atoms with E-state index in [9.17, 15) is 5.21 Å². The molecule has 0 atom stereocenters. The molecule has 0 bridgehead atoms. The van der Waals surface area contributed by atoms with Gasteiger partial charge in [-0.15, -0.1) is 4.73 Å². The summed E-state index contributed by atoms with van der Waals surface area (Å²) < 4.78 is 0.482. The average Bonchev–Trinajstić information content (AvgIpc) is 2.32. The van der Waals surface area contributed by atoms with Crippen LogP contribution in [0.4, 0.5) is 11.6 Å². The van der Waals surface area contributed by atoms with Crippen LogP contribution in [0.3, 0.4) is 0 Å². The molecule has 2 heterocycles. The van der Waals surface area contributed by atoms with Crippen molar-refractivity contribution in [2.45, 2.75) is 19.3 Å². The van der Waals surface area contributed by atoms with Crippen molar-refractivity contribution in [1.82, 2.24) is 9.71 Å². The molecule has 1 aromatic heterocycles.